The molecule has 1 N–H and O–H groups in total. The fourth-order valence-electron chi connectivity index (χ4n) is 1.06. The van der Waals surface area contributed by atoms with Crippen LogP contribution in [0.15, 0.2) is 12.7 Å². The lowest BCUT2D eigenvalue weighted by molar-refractivity contribution is -0.132. The molecule has 0 saturated carbocycles. The molecule has 0 aliphatic rings. The van der Waals surface area contributed by atoms with Crippen molar-refractivity contribution in [2.75, 3.05) is 32.9 Å². The van der Waals surface area contributed by atoms with Crippen molar-refractivity contribution in [1.82, 2.24) is 4.90 Å². The van der Waals surface area contributed by atoms with Crippen LogP contribution in [0.25, 0.3) is 0 Å². The van der Waals surface area contributed by atoms with Crippen LogP contribution < -0.4 is 0 Å². The Kier molecular flexibility index (Phi) is 8.17. The van der Waals surface area contributed by atoms with Crippen molar-refractivity contribution >= 4 is 5.91 Å². The van der Waals surface area contributed by atoms with E-state index in [1.165, 1.54) is 0 Å². The van der Waals surface area contributed by atoms with Gasteiger partial charge in [0.2, 0.25) is 5.91 Å². The smallest absolute Gasteiger partial charge is 0.225 e. The summed E-state index contributed by atoms with van der Waals surface area (Å²) in [5, 5.41) is 8.72. The molecule has 0 rings (SSSR count). The van der Waals surface area contributed by atoms with Crippen LogP contribution in [0.1, 0.15) is 13.3 Å². The fourth-order valence-corrected chi connectivity index (χ4v) is 1.06. The molecule has 0 aliphatic heterocycles. The van der Waals surface area contributed by atoms with E-state index in [-0.39, 0.29) is 12.5 Å². The number of rotatable bonds is 8. The zero-order valence-electron chi connectivity index (χ0n) is 8.74. The molecule has 0 aromatic carbocycles. The van der Waals surface area contributed by atoms with Gasteiger partial charge in [-0.1, -0.05) is 6.08 Å². The quantitative estimate of drug-likeness (QED) is 0.457. The zero-order chi connectivity index (χ0) is 10.8. The summed E-state index contributed by atoms with van der Waals surface area (Å²) in [5.74, 6) is -0.00704. The lowest BCUT2D eigenvalue weighted by Crippen LogP contribution is -2.34. The first-order valence-electron chi connectivity index (χ1n) is 4.83. The molecule has 1 amide bonds. The number of aliphatic hydroxyl groups is 1. The normalized spacial score (nSPS) is 9.86. The van der Waals surface area contributed by atoms with E-state index >= 15 is 0 Å². The molecule has 0 fully saturated rings. The van der Waals surface area contributed by atoms with Gasteiger partial charge in [0.15, 0.2) is 0 Å². The summed E-state index contributed by atoms with van der Waals surface area (Å²) >= 11 is 0. The van der Waals surface area contributed by atoms with Gasteiger partial charge in [0.25, 0.3) is 0 Å². The van der Waals surface area contributed by atoms with Gasteiger partial charge >= 0.3 is 0 Å². The number of hydrogen-bond donors (Lipinski definition) is 1. The third-order valence-corrected chi connectivity index (χ3v) is 1.74. The Morgan fingerprint density at radius 3 is 2.86 bits per heavy atom. The topological polar surface area (TPSA) is 49.8 Å². The minimum Gasteiger partial charge on any atom is -0.395 e. The molecule has 4 heteroatoms. The van der Waals surface area contributed by atoms with Crippen LogP contribution in [-0.2, 0) is 9.53 Å². The number of carbonyl (C=O) groups is 1. The lowest BCUT2D eigenvalue weighted by Gasteiger charge is -2.19. The van der Waals surface area contributed by atoms with E-state index in [1.807, 2.05) is 6.92 Å². The molecule has 0 radical (unpaired) electrons. The van der Waals surface area contributed by atoms with Crippen molar-refractivity contribution in [2.24, 2.45) is 0 Å². The van der Waals surface area contributed by atoms with Gasteiger partial charge in [-0.05, 0) is 6.92 Å². The summed E-state index contributed by atoms with van der Waals surface area (Å²) < 4.78 is 5.07. The Balaban J connectivity index is 3.81. The van der Waals surface area contributed by atoms with Crippen molar-refractivity contribution in [3.8, 4) is 0 Å². The number of carbonyl (C=O) groups excluding carboxylic acids is 1. The summed E-state index contributed by atoms with van der Waals surface area (Å²) in [6, 6.07) is 0. The highest BCUT2D eigenvalue weighted by Gasteiger charge is 2.10. The van der Waals surface area contributed by atoms with Crippen molar-refractivity contribution < 1.29 is 14.6 Å². The van der Waals surface area contributed by atoms with Gasteiger partial charge in [-0.2, -0.15) is 0 Å². The highest BCUT2D eigenvalue weighted by molar-refractivity contribution is 5.76. The first kappa shape index (κ1) is 13.1. The molecule has 0 spiro atoms. The van der Waals surface area contributed by atoms with E-state index in [0.29, 0.717) is 32.7 Å². The maximum atomic E-state index is 11.5. The molecule has 0 heterocycles. The molecular weight excluding hydrogens is 182 g/mol. The van der Waals surface area contributed by atoms with E-state index in [0.717, 1.165) is 0 Å². The van der Waals surface area contributed by atoms with E-state index in [4.69, 9.17) is 9.84 Å². The number of ether oxygens (including phenoxy) is 1. The maximum absolute atomic E-state index is 11.5. The van der Waals surface area contributed by atoms with Crippen LogP contribution >= 0.6 is 0 Å². The number of aliphatic hydroxyl groups excluding tert-OH is 1. The molecule has 4 nitrogen and oxygen atoms in total. The average molecular weight is 201 g/mol. The first-order chi connectivity index (χ1) is 6.76. The van der Waals surface area contributed by atoms with Crippen LogP contribution in [-0.4, -0.2) is 48.8 Å². The Bertz CT molecular complexity index is 171. The average Bonchev–Trinajstić information content (AvgIpc) is 2.18. The van der Waals surface area contributed by atoms with Gasteiger partial charge in [-0.25, -0.2) is 0 Å². The van der Waals surface area contributed by atoms with Crippen LogP contribution in [0, 0.1) is 0 Å². The van der Waals surface area contributed by atoms with Gasteiger partial charge in [0.1, 0.15) is 0 Å². The Morgan fingerprint density at radius 1 is 1.64 bits per heavy atom. The summed E-state index contributed by atoms with van der Waals surface area (Å²) in [6.45, 7) is 7.32. The fraction of sp³-hybridized carbons (Fsp3) is 0.700. The second-order valence-corrected chi connectivity index (χ2v) is 2.80. The third-order valence-electron chi connectivity index (χ3n) is 1.74. The van der Waals surface area contributed by atoms with Crippen LogP contribution in [0.4, 0.5) is 0 Å². The Morgan fingerprint density at radius 2 is 2.36 bits per heavy atom. The molecule has 0 saturated heterocycles. The predicted octanol–water partition coefficient (Wildman–Crippen LogP) is 0.420. The van der Waals surface area contributed by atoms with Crippen LogP contribution in [0.2, 0.25) is 0 Å². The second-order valence-electron chi connectivity index (χ2n) is 2.80. The number of nitrogens with zero attached hydrogens (tertiary/aromatic N) is 1. The molecular formula is C10H19NO3. The summed E-state index contributed by atoms with van der Waals surface area (Å²) in [5.41, 5.74) is 0. The molecule has 82 valence electrons. The predicted molar refractivity (Wildman–Crippen MR) is 55.0 cm³/mol. The third kappa shape index (κ3) is 5.72. The van der Waals surface area contributed by atoms with Gasteiger partial charge in [0.05, 0.1) is 19.6 Å². The van der Waals surface area contributed by atoms with Crippen molar-refractivity contribution in [2.45, 2.75) is 13.3 Å². The Hall–Kier alpha value is -0.870. The van der Waals surface area contributed by atoms with Gasteiger partial charge < -0.3 is 14.7 Å². The zero-order valence-corrected chi connectivity index (χ0v) is 8.74. The highest BCUT2D eigenvalue weighted by Crippen LogP contribution is 1.95. The van der Waals surface area contributed by atoms with Crippen LogP contribution in [0.3, 0.4) is 0 Å². The molecule has 0 aliphatic carbocycles. The van der Waals surface area contributed by atoms with E-state index in [9.17, 15) is 4.79 Å². The molecule has 14 heavy (non-hydrogen) atoms. The van der Waals surface area contributed by atoms with E-state index in [1.54, 1.807) is 11.0 Å². The van der Waals surface area contributed by atoms with Crippen molar-refractivity contribution in [3.05, 3.63) is 12.7 Å². The number of amides is 1. The van der Waals surface area contributed by atoms with Crippen molar-refractivity contribution in [1.29, 1.82) is 0 Å². The van der Waals surface area contributed by atoms with E-state index < -0.39 is 0 Å². The number of hydrogen-bond acceptors (Lipinski definition) is 3. The van der Waals surface area contributed by atoms with E-state index in [2.05, 4.69) is 6.58 Å². The van der Waals surface area contributed by atoms with Gasteiger partial charge in [-0.15, -0.1) is 6.58 Å². The monoisotopic (exact) mass is 201 g/mol. The second kappa shape index (κ2) is 8.72. The maximum Gasteiger partial charge on any atom is 0.225 e. The standard InChI is InChI=1S/C10H19NO3/c1-3-6-11(7-8-12)10(13)5-9-14-4-2/h3,12H,1,4-9H2,2H3. The SMILES string of the molecule is C=CCN(CCO)C(=O)CCOCC. The minimum absolute atomic E-state index is 0.00704. The molecule has 0 aromatic heterocycles. The summed E-state index contributed by atoms with van der Waals surface area (Å²) in [4.78, 5) is 13.0. The van der Waals surface area contributed by atoms with Crippen LogP contribution in [0.5, 0.6) is 0 Å². The lowest BCUT2D eigenvalue weighted by atomic mass is 10.3. The Labute approximate surface area is 85.2 Å². The molecule has 0 unspecified atom stereocenters. The molecule has 0 bridgehead atoms. The molecule has 0 atom stereocenters. The summed E-state index contributed by atoms with van der Waals surface area (Å²) in [6.07, 6.45) is 2.01. The summed E-state index contributed by atoms with van der Waals surface area (Å²) in [7, 11) is 0. The highest BCUT2D eigenvalue weighted by atomic mass is 16.5. The van der Waals surface area contributed by atoms with Gasteiger partial charge in [-0.3, -0.25) is 4.79 Å². The first-order valence-corrected chi connectivity index (χ1v) is 4.83. The van der Waals surface area contributed by atoms with Crippen molar-refractivity contribution in [3.63, 3.8) is 0 Å². The molecule has 0 aromatic rings. The largest absolute Gasteiger partial charge is 0.395 e. The minimum atomic E-state index is -0.0196. The van der Waals surface area contributed by atoms with Gasteiger partial charge in [0, 0.05) is 19.7 Å².